The Morgan fingerprint density at radius 1 is 1.33 bits per heavy atom. The Hall–Kier alpha value is -0.760. The minimum atomic E-state index is 0.161. The van der Waals surface area contributed by atoms with Gasteiger partial charge in [-0.2, -0.15) is 0 Å². The van der Waals surface area contributed by atoms with Crippen LogP contribution in [0.15, 0.2) is 23.9 Å². The van der Waals surface area contributed by atoms with Crippen molar-refractivity contribution in [3.8, 4) is 0 Å². The van der Waals surface area contributed by atoms with E-state index in [0.29, 0.717) is 6.04 Å². The minimum Gasteiger partial charge on any atom is -0.315 e. The van der Waals surface area contributed by atoms with E-state index in [1.165, 1.54) is 24.8 Å². The predicted molar refractivity (Wildman–Crippen MR) is 66.0 cm³/mol. The third-order valence-electron chi connectivity index (χ3n) is 3.00. The number of hydrogen-bond donors (Lipinski definition) is 1. The van der Waals surface area contributed by atoms with Crippen molar-refractivity contribution < 1.29 is 0 Å². The van der Waals surface area contributed by atoms with E-state index in [-0.39, 0.29) is 5.41 Å². The molecule has 0 aromatic carbocycles. The van der Waals surface area contributed by atoms with Gasteiger partial charge in [-0.15, -0.1) is 0 Å². The van der Waals surface area contributed by atoms with Crippen molar-refractivity contribution in [2.45, 2.75) is 53.0 Å². The summed E-state index contributed by atoms with van der Waals surface area (Å²) in [4.78, 5) is 0. The van der Waals surface area contributed by atoms with E-state index in [1.807, 2.05) is 11.9 Å². The second kappa shape index (κ2) is 4.84. The summed E-state index contributed by atoms with van der Waals surface area (Å²) in [5.74, 6) is 6.03. The van der Waals surface area contributed by atoms with Gasteiger partial charge in [0, 0.05) is 12.2 Å². The van der Waals surface area contributed by atoms with Gasteiger partial charge in [-0.25, -0.2) is 5.84 Å². The topological polar surface area (TPSA) is 29.3 Å². The van der Waals surface area contributed by atoms with Crippen LogP contribution in [-0.2, 0) is 0 Å². The highest BCUT2D eigenvalue weighted by Crippen LogP contribution is 2.29. The smallest absolute Gasteiger partial charge is 0.0445 e. The third-order valence-corrected chi connectivity index (χ3v) is 3.00. The maximum atomic E-state index is 6.03. The lowest BCUT2D eigenvalue weighted by Crippen LogP contribution is -2.41. The van der Waals surface area contributed by atoms with Crippen LogP contribution in [0.2, 0.25) is 0 Å². The zero-order chi connectivity index (χ0) is 11.5. The van der Waals surface area contributed by atoms with Gasteiger partial charge in [0.05, 0.1) is 0 Å². The second-order valence-corrected chi connectivity index (χ2v) is 5.37. The lowest BCUT2D eigenvalue weighted by atomic mass is 9.86. The van der Waals surface area contributed by atoms with Gasteiger partial charge >= 0.3 is 0 Å². The quantitative estimate of drug-likeness (QED) is 0.438. The molecule has 1 aliphatic rings. The average Bonchev–Trinajstić information content (AvgIpc) is 1.98. The van der Waals surface area contributed by atoms with E-state index in [2.05, 4.69) is 39.1 Å². The predicted octanol–water partition coefficient (Wildman–Crippen LogP) is 3.22. The number of nitrogens with zero attached hydrogens (tertiary/aromatic N) is 1. The van der Waals surface area contributed by atoms with E-state index in [9.17, 15) is 0 Å². The molecule has 0 saturated heterocycles. The standard InChI is InChI=1S/C13H24N2/c1-5-7-11(13(2,3)4)10-15(14)12-8-6-9-12/h5,7,10,12H,6,8-9,14H2,1-4H3/b7-5-,11-10+. The molecule has 0 aliphatic heterocycles. The van der Waals surface area contributed by atoms with Crippen LogP contribution in [0, 0.1) is 5.41 Å². The molecule has 1 saturated carbocycles. The summed E-state index contributed by atoms with van der Waals surface area (Å²) in [5, 5.41) is 1.89. The fourth-order valence-electron chi connectivity index (χ4n) is 1.62. The molecule has 15 heavy (non-hydrogen) atoms. The van der Waals surface area contributed by atoms with Crippen LogP contribution in [-0.4, -0.2) is 11.1 Å². The first-order valence-electron chi connectivity index (χ1n) is 5.83. The zero-order valence-electron chi connectivity index (χ0n) is 10.5. The molecule has 1 rings (SSSR count). The van der Waals surface area contributed by atoms with Crippen molar-refractivity contribution in [1.29, 1.82) is 0 Å². The van der Waals surface area contributed by atoms with Crippen LogP contribution in [0.3, 0.4) is 0 Å². The highest BCUT2D eigenvalue weighted by atomic mass is 15.4. The molecule has 0 amide bonds. The summed E-state index contributed by atoms with van der Waals surface area (Å²) < 4.78 is 0. The molecule has 0 unspecified atom stereocenters. The maximum absolute atomic E-state index is 6.03. The summed E-state index contributed by atoms with van der Waals surface area (Å²) >= 11 is 0. The normalized spacial score (nSPS) is 19.4. The van der Waals surface area contributed by atoms with Crippen LogP contribution in [0.25, 0.3) is 0 Å². The molecule has 0 aromatic heterocycles. The Morgan fingerprint density at radius 3 is 2.27 bits per heavy atom. The lowest BCUT2D eigenvalue weighted by molar-refractivity contribution is 0.184. The Labute approximate surface area is 93.8 Å². The number of hydrazine groups is 1. The van der Waals surface area contributed by atoms with Gasteiger partial charge in [-0.05, 0) is 37.2 Å². The Balaban J connectivity index is 2.73. The average molecular weight is 208 g/mol. The number of hydrogen-bond acceptors (Lipinski definition) is 2. The SMILES string of the molecule is C/C=C\C(=C/N(N)C1CCC1)C(C)(C)C. The van der Waals surface area contributed by atoms with E-state index in [0.717, 1.165) is 0 Å². The van der Waals surface area contributed by atoms with Gasteiger partial charge in [-0.1, -0.05) is 32.9 Å². The first kappa shape index (κ1) is 12.3. The van der Waals surface area contributed by atoms with E-state index in [1.54, 1.807) is 0 Å². The van der Waals surface area contributed by atoms with E-state index in [4.69, 9.17) is 5.84 Å². The van der Waals surface area contributed by atoms with Crippen LogP contribution in [0.5, 0.6) is 0 Å². The summed E-state index contributed by atoms with van der Waals surface area (Å²) in [6, 6.07) is 0.563. The Morgan fingerprint density at radius 2 is 1.93 bits per heavy atom. The van der Waals surface area contributed by atoms with Crippen molar-refractivity contribution >= 4 is 0 Å². The van der Waals surface area contributed by atoms with Crippen molar-refractivity contribution in [3.63, 3.8) is 0 Å². The molecule has 0 spiro atoms. The molecule has 0 atom stereocenters. The largest absolute Gasteiger partial charge is 0.315 e. The van der Waals surface area contributed by atoms with Crippen molar-refractivity contribution in [2.24, 2.45) is 11.3 Å². The van der Waals surface area contributed by atoms with Crippen molar-refractivity contribution in [3.05, 3.63) is 23.9 Å². The summed E-state index contributed by atoms with van der Waals surface area (Å²) in [7, 11) is 0. The van der Waals surface area contributed by atoms with Crippen LogP contribution in [0.1, 0.15) is 47.0 Å². The number of nitrogens with two attached hydrogens (primary N) is 1. The second-order valence-electron chi connectivity index (χ2n) is 5.37. The van der Waals surface area contributed by atoms with Crippen molar-refractivity contribution in [2.75, 3.05) is 0 Å². The molecule has 2 heteroatoms. The molecule has 1 aliphatic carbocycles. The van der Waals surface area contributed by atoms with Gasteiger partial charge < -0.3 is 5.01 Å². The molecule has 0 bridgehead atoms. The molecular weight excluding hydrogens is 184 g/mol. The van der Waals surface area contributed by atoms with Crippen LogP contribution < -0.4 is 5.84 Å². The zero-order valence-corrected chi connectivity index (χ0v) is 10.5. The molecule has 2 nitrogen and oxygen atoms in total. The van der Waals surface area contributed by atoms with Crippen LogP contribution in [0.4, 0.5) is 0 Å². The van der Waals surface area contributed by atoms with E-state index >= 15 is 0 Å². The monoisotopic (exact) mass is 208 g/mol. The number of rotatable bonds is 3. The maximum Gasteiger partial charge on any atom is 0.0445 e. The third kappa shape index (κ3) is 3.38. The minimum absolute atomic E-state index is 0.161. The Kier molecular flexibility index (Phi) is 3.97. The van der Waals surface area contributed by atoms with Gasteiger partial charge in [0.2, 0.25) is 0 Å². The molecule has 0 heterocycles. The fourth-order valence-corrected chi connectivity index (χ4v) is 1.62. The molecular formula is C13H24N2. The molecule has 0 radical (unpaired) electrons. The molecule has 0 aromatic rings. The van der Waals surface area contributed by atoms with Gasteiger partial charge in [0.25, 0.3) is 0 Å². The highest BCUT2D eigenvalue weighted by molar-refractivity contribution is 5.24. The fraction of sp³-hybridized carbons (Fsp3) is 0.692. The van der Waals surface area contributed by atoms with Gasteiger partial charge in [0.15, 0.2) is 0 Å². The van der Waals surface area contributed by atoms with Gasteiger partial charge in [0.1, 0.15) is 0 Å². The van der Waals surface area contributed by atoms with Crippen LogP contribution >= 0.6 is 0 Å². The summed E-state index contributed by atoms with van der Waals surface area (Å²) in [6.45, 7) is 8.69. The van der Waals surface area contributed by atoms with Crippen molar-refractivity contribution in [1.82, 2.24) is 5.01 Å². The molecule has 2 N–H and O–H groups in total. The molecule has 1 fully saturated rings. The Bertz CT molecular complexity index is 254. The summed E-state index contributed by atoms with van der Waals surface area (Å²) in [5.41, 5.74) is 1.45. The van der Waals surface area contributed by atoms with Gasteiger partial charge in [-0.3, -0.25) is 0 Å². The highest BCUT2D eigenvalue weighted by Gasteiger charge is 2.22. The first-order valence-corrected chi connectivity index (χ1v) is 5.83. The summed E-state index contributed by atoms with van der Waals surface area (Å²) in [6.07, 6.45) is 10.1. The lowest BCUT2D eigenvalue weighted by Gasteiger charge is -2.35. The van der Waals surface area contributed by atoms with E-state index < -0.39 is 0 Å². The number of allylic oxidation sites excluding steroid dienone is 3. The first-order chi connectivity index (χ1) is 6.95. The molecule has 86 valence electrons.